The standard InChI is InChI=1S/C21H30N4O2/c1-21(2,15-26)18(16-7-4-3-5-8-16)14-23-20(27)19-10-12-25(24-19)17-9-6-11-22-13-17/h3-5,7-8,10,12,17-18,22,26H,6,9,11,13-15H2,1-2H3,(H,23,27). The minimum absolute atomic E-state index is 0.0114. The second-order valence-electron chi connectivity index (χ2n) is 8.00. The Kier molecular flexibility index (Phi) is 6.29. The highest BCUT2D eigenvalue weighted by atomic mass is 16.3. The third-order valence-electron chi connectivity index (χ3n) is 5.51. The molecule has 3 rings (SSSR count). The number of amides is 1. The van der Waals surface area contributed by atoms with Crippen LogP contribution in [0.2, 0.25) is 0 Å². The van der Waals surface area contributed by atoms with Gasteiger partial charge in [0.05, 0.1) is 6.04 Å². The van der Waals surface area contributed by atoms with Crippen LogP contribution in [0.1, 0.15) is 54.7 Å². The third-order valence-corrected chi connectivity index (χ3v) is 5.51. The zero-order valence-corrected chi connectivity index (χ0v) is 16.2. The molecule has 6 nitrogen and oxygen atoms in total. The van der Waals surface area contributed by atoms with Gasteiger partial charge >= 0.3 is 0 Å². The Labute approximate surface area is 161 Å². The van der Waals surface area contributed by atoms with Crippen molar-refractivity contribution in [2.45, 2.75) is 38.6 Å². The molecule has 0 saturated carbocycles. The summed E-state index contributed by atoms with van der Waals surface area (Å²) < 4.78 is 1.90. The van der Waals surface area contributed by atoms with Gasteiger partial charge in [0, 0.05) is 31.8 Å². The average Bonchev–Trinajstić information content (AvgIpc) is 3.20. The lowest BCUT2D eigenvalue weighted by molar-refractivity contribution is 0.0914. The number of rotatable bonds is 7. The monoisotopic (exact) mass is 370 g/mol. The van der Waals surface area contributed by atoms with Crippen molar-refractivity contribution < 1.29 is 9.90 Å². The van der Waals surface area contributed by atoms with Gasteiger partial charge in [0.1, 0.15) is 5.69 Å². The SMILES string of the molecule is CC(C)(CO)C(CNC(=O)c1ccn(C2CCCNC2)n1)c1ccccc1. The molecule has 1 aliphatic rings. The fourth-order valence-electron chi connectivity index (χ4n) is 3.65. The molecule has 0 aliphatic carbocycles. The van der Waals surface area contributed by atoms with Gasteiger partial charge < -0.3 is 15.7 Å². The Morgan fingerprint density at radius 2 is 2.15 bits per heavy atom. The first-order valence-corrected chi connectivity index (χ1v) is 9.71. The number of aliphatic hydroxyl groups excluding tert-OH is 1. The second kappa shape index (κ2) is 8.67. The largest absolute Gasteiger partial charge is 0.396 e. The van der Waals surface area contributed by atoms with Crippen molar-refractivity contribution in [2.75, 3.05) is 26.2 Å². The van der Waals surface area contributed by atoms with Gasteiger partial charge in [-0.3, -0.25) is 9.48 Å². The number of benzene rings is 1. The molecule has 1 saturated heterocycles. The average molecular weight is 370 g/mol. The summed E-state index contributed by atoms with van der Waals surface area (Å²) in [4.78, 5) is 12.6. The van der Waals surface area contributed by atoms with Crippen LogP contribution >= 0.6 is 0 Å². The van der Waals surface area contributed by atoms with Crippen molar-refractivity contribution >= 4 is 5.91 Å². The molecule has 1 aliphatic heterocycles. The van der Waals surface area contributed by atoms with E-state index < -0.39 is 0 Å². The summed E-state index contributed by atoms with van der Waals surface area (Å²) in [7, 11) is 0. The van der Waals surface area contributed by atoms with Crippen molar-refractivity contribution in [3.63, 3.8) is 0 Å². The molecule has 1 amide bonds. The number of piperidine rings is 1. The molecular formula is C21H30N4O2. The van der Waals surface area contributed by atoms with E-state index in [-0.39, 0.29) is 23.8 Å². The van der Waals surface area contributed by atoms with Crippen LogP contribution < -0.4 is 10.6 Å². The molecule has 1 aromatic carbocycles. The topological polar surface area (TPSA) is 79.2 Å². The third kappa shape index (κ3) is 4.76. The number of carbonyl (C=O) groups is 1. The molecule has 2 unspecified atom stereocenters. The molecule has 1 aromatic heterocycles. The zero-order valence-electron chi connectivity index (χ0n) is 16.2. The van der Waals surface area contributed by atoms with Gasteiger partial charge in [-0.1, -0.05) is 44.2 Å². The van der Waals surface area contributed by atoms with Gasteiger partial charge in [-0.25, -0.2) is 0 Å². The van der Waals surface area contributed by atoms with Crippen LogP contribution in [-0.2, 0) is 0 Å². The summed E-state index contributed by atoms with van der Waals surface area (Å²) in [5.41, 5.74) is 1.20. The molecule has 1 fully saturated rings. The smallest absolute Gasteiger partial charge is 0.271 e. The normalized spacial score (nSPS) is 18.9. The van der Waals surface area contributed by atoms with E-state index in [0.717, 1.165) is 31.5 Å². The molecule has 2 atom stereocenters. The van der Waals surface area contributed by atoms with Crippen molar-refractivity contribution in [1.82, 2.24) is 20.4 Å². The summed E-state index contributed by atoms with van der Waals surface area (Å²) in [6, 6.07) is 12.1. The van der Waals surface area contributed by atoms with Gasteiger partial charge in [0.15, 0.2) is 0 Å². The van der Waals surface area contributed by atoms with Crippen LogP contribution in [0, 0.1) is 5.41 Å². The zero-order chi connectivity index (χ0) is 19.3. The minimum Gasteiger partial charge on any atom is -0.396 e. The number of hydrogen-bond donors (Lipinski definition) is 3. The van der Waals surface area contributed by atoms with Crippen LogP contribution in [0.15, 0.2) is 42.6 Å². The van der Waals surface area contributed by atoms with Gasteiger partial charge in [-0.15, -0.1) is 0 Å². The van der Waals surface area contributed by atoms with Crippen LogP contribution in [0.25, 0.3) is 0 Å². The second-order valence-corrected chi connectivity index (χ2v) is 8.00. The van der Waals surface area contributed by atoms with E-state index in [9.17, 15) is 9.90 Å². The lowest BCUT2D eigenvalue weighted by Crippen LogP contribution is -2.37. The highest BCUT2D eigenvalue weighted by Gasteiger charge is 2.30. The fourth-order valence-corrected chi connectivity index (χ4v) is 3.65. The molecule has 0 spiro atoms. The minimum atomic E-state index is -0.345. The van der Waals surface area contributed by atoms with Gasteiger partial charge in [0.25, 0.3) is 5.91 Å². The van der Waals surface area contributed by atoms with E-state index in [1.54, 1.807) is 6.07 Å². The maximum atomic E-state index is 12.6. The van der Waals surface area contributed by atoms with Crippen LogP contribution in [0.4, 0.5) is 0 Å². The Bertz CT molecular complexity index is 736. The molecule has 27 heavy (non-hydrogen) atoms. The number of nitrogens with one attached hydrogen (secondary N) is 2. The summed E-state index contributed by atoms with van der Waals surface area (Å²) >= 11 is 0. The Hall–Kier alpha value is -2.18. The molecular weight excluding hydrogens is 340 g/mol. The molecule has 146 valence electrons. The lowest BCUT2D eigenvalue weighted by Gasteiger charge is -2.33. The summed E-state index contributed by atoms with van der Waals surface area (Å²) in [5, 5.41) is 20.7. The van der Waals surface area contributed by atoms with Gasteiger partial charge in [0.2, 0.25) is 0 Å². The molecule has 0 bridgehead atoms. The molecule has 2 heterocycles. The Morgan fingerprint density at radius 1 is 1.37 bits per heavy atom. The van der Waals surface area contributed by atoms with Crippen LogP contribution in [0.3, 0.4) is 0 Å². The van der Waals surface area contributed by atoms with Gasteiger partial charge in [-0.05, 0) is 36.4 Å². The van der Waals surface area contributed by atoms with E-state index in [2.05, 4.69) is 15.7 Å². The number of aliphatic hydroxyl groups is 1. The van der Waals surface area contributed by atoms with E-state index >= 15 is 0 Å². The molecule has 6 heteroatoms. The van der Waals surface area contributed by atoms with Crippen LogP contribution in [0.5, 0.6) is 0 Å². The molecule has 2 aromatic rings. The van der Waals surface area contributed by atoms with Crippen LogP contribution in [-0.4, -0.2) is 47.0 Å². The van der Waals surface area contributed by atoms with E-state index in [1.807, 2.05) is 55.1 Å². The Morgan fingerprint density at radius 3 is 2.81 bits per heavy atom. The number of aromatic nitrogens is 2. The predicted octanol–water partition coefficient (Wildman–Crippen LogP) is 2.34. The maximum absolute atomic E-state index is 12.6. The maximum Gasteiger partial charge on any atom is 0.271 e. The van der Waals surface area contributed by atoms with Crippen molar-refractivity contribution in [1.29, 1.82) is 0 Å². The van der Waals surface area contributed by atoms with E-state index in [0.29, 0.717) is 18.3 Å². The first kappa shape index (κ1) is 19.6. The fraction of sp³-hybridized carbons (Fsp3) is 0.524. The predicted molar refractivity (Wildman–Crippen MR) is 106 cm³/mol. The highest BCUT2D eigenvalue weighted by molar-refractivity contribution is 5.92. The highest BCUT2D eigenvalue weighted by Crippen LogP contribution is 2.34. The van der Waals surface area contributed by atoms with E-state index in [4.69, 9.17) is 0 Å². The molecule has 3 N–H and O–H groups in total. The van der Waals surface area contributed by atoms with E-state index in [1.165, 1.54) is 0 Å². The summed E-state index contributed by atoms with van der Waals surface area (Å²) in [6.45, 7) is 6.47. The first-order chi connectivity index (χ1) is 13.0. The van der Waals surface area contributed by atoms with Crippen molar-refractivity contribution in [3.8, 4) is 0 Å². The number of hydrogen-bond acceptors (Lipinski definition) is 4. The quantitative estimate of drug-likeness (QED) is 0.699. The van der Waals surface area contributed by atoms with Gasteiger partial charge in [-0.2, -0.15) is 5.10 Å². The van der Waals surface area contributed by atoms with Crippen molar-refractivity contribution in [2.24, 2.45) is 5.41 Å². The lowest BCUT2D eigenvalue weighted by atomic mass is 9.75. The number of nitrogens with zero attached hydrogens (tertiary/aromatic N) is 2. The molecule has 0 radical (unpaired) electrons. The summed E-state index contributed by atoms with van der Waals surface area (Å²) in [5.74, 6) is -0.163. The first-order valence-electron chi connectivity index (χ1n) is 9.71. The van der Waals surface area contributed by atoms with Crippen molar-refractivity contribution in [3.05, 3.63) is 53.9 Å². The summed E-state index contributed by atoms with van der Waals surface area (Å²) in [6.07, 6.45) is 4.09. The number of carbonyl (C=O) groups excluding carboxylic acids is 1. The Balaban J connectivity index is 1.66.